The first kappa shape index (κ1) is 13.0. The molecular weight excluding hydrogens is 211 g/mol. The van der Waals surface area contributed by atoms with E-state index < -0.39 is 0 Å². The van der Waals surface area contributed by atoms with Gasteiger partial charge in [0.1, 0.15) is 0 Å². The van der Waals surface area contributed by atoms with E-state index in [-0.39, 0.29) is 12.5 Å². The van der Waals surface area contributed by atoms with Crippen LogP contribution in [0.5, 0.6) is 0 Å². The maximum absolute atomic E-state index is 10.6. The highest BCUT2D eigenvalue weighted by Crippen LogP contribution is 1.97. The van der Waals surface area contributed by atoms with Crippen molar-refractivity contribution in [2.75, 3.05) is 31.4 Å². The third kappa shape index (κ3) is 8.34. The molecular formula is C8H16Cl2N2O. The number of amides is 1. The molecule has 0 aliphatic heterocycles. The molecule has 2 N–H and O–H groups in total. The summed E-state index contributed by atoms with van der Waals surface area (Å²) < 4.78 is 0. The minimum atomic E-state index is -0.309. The number of hydrogen-bond donors (Lipinski definition) is 1. The van der Waals surface area contributed by atoms with Crippen LogP contribution in [0.15, 0.2) is 0 Å². The summed E-state index contributed by atoms with van der Waals surface area (Å²) in [5.74, 6) is 0.871. The van der Waals surface area contributed by atoms with E-state index in [1.165, 1.54) is 0 Å². The van der Waals surface area contributed by atoms with Gasteiger partial charge in [-0.2, -0.15) is 0 Å². The third-order valence-corrected chi connectivity index (χ3v) is 2.07. The van der Waals surface area contributed by atoms with Crippen molar-refractivity contribution in [3.05, 3.63) is 0 Å². The predicted octanol–water partition coefficient (Wildman–Crippen LogP) is 1.03. The fraction of sp³-hybridized carbons (Fsp3) is 0.875. The van der Waals surface area contributed by atoms with Gasteiger partial charge in [-0.05, 0) is 19.4 Å². The van der Waals surface area contributed by atoms with Crippen LogP contribution in [0.2, 0.25) is 0 Å². The van der Waals surface area contributed by atoms with Crippen LogP contribution in [0.1, 0.15) is 12.8 Å². The third-order valence-electron chi connectivity index (χ3n) is 1.64. The standard InChI is InChI=1S/C8H16Cl2N2O/c9-3-1-2-5-12(6-4-10)7-8(11)13/h1-7H2,(H2,11,13). The van der Waals surface area contributed by atoms with Gasteiger partial charge in [-0.15, -0.1) is 23.2 Å². The number of hydrogen-bond acceptors (Lipinski definition) is 2. The molecule has 0 saturated heterocycles. The second kappa shape index (κ2) is 8.60. The van der Waals surface area contributed by atoms with Crippen LogP contribution < -0.4 is 5.73 Å². The molecule has 0 saturated carbocycles. The van der Waals surface area contributed by atoms with Crippen molar-refractivity contribution in [2.24, 2.45) is 5.73 Å². The quantitative estimate of drug-likeness (QED) is 0.497. The van der Waals surface area contributed by atoms with E-state index in [9.17, 15) is 4.79 Å². The summed E-state index contributed by atoms with van der Waals surface area (Å²) in [4.78, 5) is 12.6. The zero-order chi connectivity index (χ0) is 10.1. The second-order valence-corrected chi connectivity index (χ2v) is 3.58. The summed E-state index contributed by atoms with van der Waals surface area (Å²) in [7, 11) is 0. The first-order valence-electron chi connectivity index (χ1n) is 4.33. The summed E-state index contributed by atoms with van der Waals surface area (Å²) in [5.41, 5.74) is 5.08. The fourth-order valence-electron chi connectivity index (χ4n) is 1.04. The summed E-state index contributed by atoms with van der Waals surface area (Å²) in [5, 5.41) is 0. The average molecular weight is 227 g/mol. The monoisotopic (exact) mass is 226 g/mol. The lowest BCUT2D eigenvalue weighted by Crippen LogP contribution is -2.35. The molecule has 0 aromatic heterocycles. The van der Waals surface area contributed by atoms with Gasteiger partial charge in [0.2, 0.25) is 5.91 Å². The molecule has 0 aromatic carbocycles. The van der Waals surface area contributed by atoms with Gasteiger partial charge in [-0.25, -0.2) is 0 Å². The Morgan fingerprint density at radius 3 is 2.31 bits per heavy atom. The van der Waals surface area contributed by atoms with E-state index in [1.54, 1.807) is 0 Å². The number of carbonyl (C=O) groups is 1. The van der Waals surface area contributed by atoms with E-state index in [4.69, 9.17) is 28.9 Å². The van der Waals surface area contributed by atoms with Crippen molar-refractivity contribution in [3.63, 3.8) is 0 Å². The first-order chi connectivity index (χ1) is 6.20. The molecule has 0 spiro atoms. The van der Waals surface area contributed by atoms with Crippen molar-refractivity contribution in [3.8, 4) is 0 Å². The van der Waals surface area contributed by atoms with E-state index >= 15 is 0 Å². The lowest BCUT2D eigenvalue weighted by atomic mass is 10.3. The SMILES string of the molecule is NC(=O)CN(CCCl)CCCCCl. The van der Waals surface area contributed by atoms with E-state index in [1.807, 2.05) is 4.90 Å². The number of halogens is 2. The van der Waals surface area contributed by atoms with Crippen LogP contribution in [-0.4, -0.2) is 42.2 Å². The van der Waals surface area contributed by atoms with Crippen molar-refractivity contribution in [1.82, 2.24) is 4.90 Å². The molecule has 0 fully saturated rings. The van der Waals surface area contributed by atoms with Crippen molar-refractivity contribution in [2.45, 2.75) is 12.8 Å². The highest BCUT2D eigenvalue weighted by atomic mass is 35.5. The second-order valence-electron chi connectivity index (χ2n) is 2.83. The zero-order valence-electron chi connectivity index (χ0n) is 7.64. The highest BCUT2D eigenvalue weighted by Gasteiger charge is 2.06. The van der Waals surface area contributed by atoms with Gasteiger partial charge in [-0.3, -0.25) is 9.69 Å². The van der Waals surface area contributed by atoms with E-state index in [2.05, 4.69) is 0 Å². The molecule has 1 amide bonds. The molecule has 0 aromatic rings. The topological polar surface area (TPSA) is 46.3 Å². The van der Waals surface area contributed by atoms with Gasteiger partial charge in [0, 0.05) is 18.3 Å². The Kier molecular flexibility index (Phi) is 8.61. The lowest BCUT2D eigenvalue weighted by Gasteiger charge is -2.18. The average Bonchev–Trinajstić information content (AvgIpc) is 2.04. The molecule has 5 heteroatoms. The molecule has 0 radical (unpaired) electrons. The lowest BCUT2D eigenvalue weighted by molar-refractivity contribution is -0.119. The molecule has 13 heavy (non-hydrogen) atoms. The number of rotatable bonds is 8. The molecule has 0 rings (SSSR count). The number of nitrogens with two attached hydrogens (primary N) is 1. The van der Waals surface area contributed by atoms with Gasteiger partial charge in [0.25, 0.3) is 0 Å². The van der Waals surface area contributed by atoms with E-state index in [0.717, 1.165) is 19.4 Å². The molecule has 0 atom stereocenters. The Morgan fingerprint density at radius 1 is 1.15 bits per heavy atom. The van der Waals surface area contributed by atoms with E-state index in [0.29, 0.717) is 18.3 Å². The summed E-state index contributed by atoms with van der Waals surface area (Å²) in [6.45, 7) is 1.82. The molecule has 0 unspecified atom stereocenters. The maximum Gasteiger partial charge on any atom is 0.231 e. The van der Waals surface area contributed by atoms with Gasteiger partial charge >= 0.3 is 0 Å². The van der Waals surface area contributed by atoms with Crippen molar-refractivity contribution < 1.29 is 4.79 Å². The van der Waals surface area contributed by atoms with Crippen LogP contribution in [0.4, 0.5) is 0 Å². The Balaban J connectivity index is 3.59. The minimum absolute atomic E-state index is 0.287. The smallest absolute Gasteiger partial charge is 0.231 e. The van der Waals surface area contributed by atoms with Gasteiger partial charge < -0.3 is 5.73 Å². The largest absolute Gasteiger partial charge is 0.369 e. The molecule has 0 heterocycles. The van der Waals surface area contributed by atoms with Gasteiger partial charge in [0.05, 0.1) is 6.54 Å². The number of carbonyl (C=O) groups excluding carboxylic acids is 1. The first-order valence-corrected chi connectivity index (χ1v) is 5.40. The van der Waals surface area contributed by atoms with Crippen LogP contribution in [0, 0.1) is 0 Å². The molecule has 3 nitrogen and oxygen atoms in total. The Labute approximate surface area is 89.2 Å². The predicted molar refractivity (Wildman–Crippen MR) is 56.3 cm³/mol. The van der Waals surface area contributed by atoms with Crippen LogP contribution >= 0.6 is 23.2 Å². The molecule has 0 aliphatic rings. The summed E-state index contributed by atoms with van der Waals surface area (Å²) in [6, 6.07) is 0. The number of unbranched alkanes of at least 4 members (excludes halogenated alkanes) is 1. The summed E-state index contributed by atoms with van der Waals surface area (Å²) >= 11 is 11.1. The van der Waals surface area contributed by atoms with Crippen LogP contribution in [0.25, 0.3) is 0 Å². The normalized spacial score (nSPS) is 10.7. The minimum Gasteiger partial charge on any atom is -0.369 e. The molecule has 0 bridgehead atoms. The number of alkyl halides is 2. The Hall–Kier alpha value is 0.01000. The van der Waals surface area contributed by atoms with Crippen LogP contribution in [0.3, 0.4) is 0 Å². The van der Waals surface area contributed by atoms with Gasteiger partial charge in [-0.1, -0.05) is 0 Å². The number of nitrogens with zero attached hydrogens (tertiary/aromatic N) is 1. The Morgan fingerprint density at radius 2 is 1.85 bits per heavy atom. The van der Waals surface area contributed by atoms with Crippen molar-refractivity contribution >= 4 is 29.1 Å². The summed E-state index contributed by atoms with van der Waals surface area (Å²) in [6.07, 6.45) is 1.94. The molecule has 78 valence electrons. The maximum atomic E-state index is 10.6. The zero-order valence-corrected chi connectivity index (χ0v) is 9.15. The Bertz CT molecular complexity index is 144. The number of primary amides is 1. The van der Waals surface area contributed by atoms with Crippen molar-refractivity contribution in [1.29, 1.82) is 0 Å². The van der Waals surface area contributed by atoms with Gasteiger partial charge in [0.15, 0.2) is 0 Å². The highest BCUT2D eigenvalue weighted by molar-refractivity contribution is 6.18. The van der Waals surface area contributed by atoms with Crippen LogP contribution in [-0.2, 0) is 4.79 Å². The fourth-order valence-corrected chi connectivity index (χ4v) is 1.47. The molecule has 0 aliphatic carbocycles.